The van der Waals surface area contributed by atoms with Gasteiger partial charge in [0.25, 0.3) is 5.91 Å². The normalized spacial score (nSPS) is 19.9. The molecule has 2 amide bonds. The third-order valence-corrected chi connectivity index (χ3v) is 4.87. The molecule has 10 heteroatoms. The van der Waals surface area contributed by atoms with Gasteiger partial charge < -0.3 is 19.5 Å². The monoisotopic (exact) mass is 409 g/mol. The lowest BCUT2D eigenvalue weighted by Crippen LogP contribution is -2.36. The maximum Gasteiger partial charge on any atom is 0.414 e. The maximum atomic E-state index is 14.8. The summed E-state index contributed by atoms with van der Waals surface area (Å²) in [4.78, 5) is 43.2. The smallest absolute Gasteiger partial charge is 0.414 e. The summed E-state index contributed by atoms with van der Waals surface area (Å²) in [6.07, 6.45) is -0.195. The Morgan fingerprint density at radius 1 is 1.28 bits per heavy atom. The molecule has 2 fully saturated rings. The average Bonchev–Trinajstić information content (AvgIpc) is 2.90. The highest BCUT2D eigenvalue weighted by molar-refractivity contribution is 5.90. The first-order valence-electron chi connectivity index (χ1n) is 9.45. The van der Waals surface area contributed by atoms with E-state index in [1.165, 1.54) is 17.9 Å². The molecule has 158 valence electrons. The molecule has 0 aromatic heterocycles. The van der Waals surface area contributed by atoms with E-state index in [0.29, 0.717) is 37.3 Å². The number of Topliss-reactive ketones (excluding diaryl/α,β-unsaturated/α-hetero) is 1. The number of cyclic esters (lactones) is 1. The number of anilines is 2. The predicted octanol–water partition coefficient (Wildman–Crippen LogP) is 1.09. The number of benzene rings is 1. The van der Waals surface area contributed by atoms with E-state index in [1.54, 1.807) is 17.0 Å². The number of aliphatic hydroxyl groups is 1. The van der Waals surface area contributed by atoms with Crippen LogP contribution < -0.4 is 9.80 Å². The Hall–Kier alpha value is -2.72. The Morgan fingerprint density at radius 3 is 2.76 bits per heavy atom. The second-order valence-electron chi connectivity index (χ2n) is 6.97. The van der Waals surface area contributed by atoms with Crippen LogP contribution >= 0.6 is 0 Å². The number of nitrogens with zero attached hydrogens (tertiary/aromatic N) is 3. The van der Waals surface area contributed by atoms with Gasteiger partial charge in [0.1, 0.15) is 24.3 Å². The highest BCUT2D eigenvalue weighted by Gasteiger charge is 2.33. The van der Waals surface area contributed by atoms with Crippen molar-refractivity contribution >= 4 is 29.2 Å². The van der Waals surface area contributed by atoms with Crippen LogP contribution in [-0.2, 0) is 19.2 Å². The van der Waals surface area contributed by atoms with E-state index in [-0.39, 0.29) is 25.5 Å². The Kier molecular flexibility index (Phi) is 6.65. The minimum Gasteiger partial charge on any atom is -0.444 e. The van der Waals surface area contributed by atoms with Gasteiger partial charge in [-0.25, -0.2) is 14.2 Å². The van der Waals surface area contributed by atoms with Crippen molar-refractivity contribution in [2.75, 3.05) is 49.2 Å². The van der Waals surface area contributed by atoms with E-state index in [1.807, 2.05) is 0 Å². The summed E-state index contributed by atoms with van der Waals surface area (Å²) in [5.74, 6) is -1.03. The molecule has 0 saturated carbocycles. The number of hydrogen-bond donors (Lipinski definition) is 1. The van der Waals surface area contributed by atoms with Crippen molar-refractivity contribution in [3.8, 4) is 0 Å². The number of ether oxygens (including phenoxy) is 1. The van der Waals surface area contributed by atoms with Crippen molar-refractivity contribution < 1.29 is 33.5 Å². The fourth-order valence-electron chi connectivity index (χ4n) is 3.33. The SMILES string of the molecule is CC(=O)CC[C@H]1CN(c2ccc(N3CCON(C(=O)CO)CC3)c(F)c2)C(=O)O1. The summed E-state index contributed by atoms with van der Waals surface area (Å²) < 4.78 is 20.0. The molecule has 1 N–H and O–H groups in total. The van der Waals surface area contributed by atoms with Gasteiger partial charge in [-0.1, -0.05) is 0 Å². The van der Waals surface area contributed by atoms with Gasteiger partial charge in [-0.2, -0.15) is 0 Å². The molecule has 1 aromatic carbocycles. The van der Waals surface area contributed by atoms with Crippen molar-refractivity contribution in [3.63, 3.8) is 0 Å². The van der Waals surface area contributed by atoms with Crippen LogP contribution in [0.4, 0.5) is 20.6 Å². The third-order valence-electron chi connectivity index (χ3n) is 4.87. The predicted molar refractivity (Wildman–Crippen MR) is 101 cm³/mol. The Bertz CT molecular complexity index is 789. The standard InChI is InChI=1S/C19H24FN3O6/c1-13(25)2-4-15-11-22(19(27)29-15)14-3-5-17(16(20)10-14)21-6-7-23(18(26)12-24)28-9-8-21/h3,5,10,15,24H,2,4,6-9,11-12H2,1H3/t15-/m0/s1. The van der Waals surface area contributed by atoms with Crippen LogP contribution in [0.15, 0.2) is 18.2 Å². The van der Waals surface area contributed by atoms with Gasteiger partial charge in [-0.3, -0.25) is 14.5 Å². The zero-order chi connectivity index (χ0) is 21.0. The number of carbonyl (C=O) groups is 3. The van der Waals surface area contributed by atoms with Gasteiger partial charge in [0.2, 0.25) is 0 Å². The fourth-order valence-corrected chi connectivity index (χ4v) is 3.33. The van der Waals surface area contributed by atoms with Crippen LogP contribution in [0.3, 0.4) is 0 Å². The van der Waals surface area contributed by atoms with Crippen molar-refractivity contribution in [2.24, 2.45) is 0 Å². The quantitative estimate of drug-likeness (QED) is 0.751. The molecule has 2 aliphatic heterocycles. The lowest BCUT2D eigenvalue weighted by molar-refractivity contribution is -0.184. The first-order valence-corrected chi connectivity index (χ1v) is 9.45. The number of ketones is 1. The largest absolute Gasteiger partial charge is 0.444 e. The van der Waals surface area contributed by atoms with Crippen LogP contribution in [0.25, 0.3) is 0 Å². The molecular weight excluding hydrogens is 385 g/mol. The van der Waals surface area contributed by atoms with Gasteiger partial charge in [0, 0.05) is 19.5 Å². The number of hydrogen-bond acceptors (Lipinski definition) is 7. The minimum absolute atomic E-state index is 0.0237. The van der Waals surface area contributed by atoms with E-state index in [2.05, 4.69) is 0 Å². The number of amides is 2. The molecule has 0 aliphatic carbocycles. The van der Waals surface area contributed by atoms with Crippen molar-refractivity contribution in [1.82, 2.24) is 5.06 Å². The van der Waals surface area contributed by atoms with Crippen LogP contribution in [0.1, 0.15) is 19.8 Å². The molecule has 0 bridgehead atoms. The van der Waals surface area contributed by atoms with Crippen LogP contribution in [0, 0.1) is 5.82 Å². The van der Waals surface area contributed by atoms with Crippen LogP contribution in [0.5, 0.6) is 0 Å². The summed E-state index contributed by atoms with van der Waals surface area (Å²) in [6.45, 7) is 2.16. The van der Waals surface area contributed by atoms with Gasteiger partial charge in [-0.15, -0.1) is 0 Å². The van der Waals surface area contributed by atoms with E-state index < -0.39 is 30.5 Å². The fraction of sp³-hybridized carbons (Fsp3) is 0.526. The summed E-state index contributed by atoms with van der Waals surface area (Å²) in [5.41, 5.74) is 0.709. The summed E-state index contributed by atoms with van der Waals surface area (Å²) in [6, 6.07) is 4.48. The summed E-state index contributed by atoms with van der Waals surface area (Å²) in [5, 5.41) is 10.0. The van der Waals surface area contributed by atoms with Crippen molar-refractivity contribution in [1.29, 1.82) is 0 Å². The van der Waals surface area contributed by atoms with E-state index in [4.69, 9.17) is 14.7 Å². The molecular formula is C19H24FN3O6. The van der Waals surface area contributed by atoms with Crippen molar-refractivity contribution in [2.45, 2.75) is 25.9 Å². The average molecular weight is 409 g/mol. The van der Waals surface area contributed by atoms with Crippen molar-refractivity contribution in [3.05, 3.63) is 24.0 Å². The zero-order valence-corrected chi connectivity index (χ0v) is 16.2. The molecule has 2 heterocycles. The molecule has 0 unspecified atom stereocenters. The molecule has 0 spiro atoms. The summed E-state index contributed by atoms with van der Waals surface area (Å²) in [7, 11) is 0. The van der Waals surface area contributed by atoms with Crippen LogP contribution in [0.2, 0.25) is 0 Å². The van der Waals surface area contributed by atoms with E-state index >= 15 is 0 Å². The second kappa shape index (κ2) is 9.19. The molecule has 2 aliphatic rings. The second-order valence-corrected chi connectivity index (χ2v) is 6.97. The number of halogens is 1. The lowest BCUT2D eigenvalue weighted by Gasteiger charge is -2.23. The van der Waals surface area contributed by atoms with E-state index in [9.17, 15) is 18.8 Å². The molecule has 2 saturated heterocycles. The lowest BCUT2D eigenvalue weighted by atomic mass is 10.1. The number of rotatable bonds is 6. The zero-order valence-electron chi connectivity index (χ0n) is 16.2. The molecule has 9 nitrogen and oxygen atoms in total. The highest BCUT2D eigenvalue weighted by Crippen LogP contribution is 2.29. The number of carbonyl (C=O) groups excluding carboxylic acids is 3. The first kappa shape index (κ1) is 21.0. The molecule has 1 atom stereocenters. The first-order chi connectivity index (χ1) is 13.9. The van der Waals surface area contributed by atoms with Gasteiger partial charge in [-0.05, 0) is 31.5 Å². The summed E-state index contributed by atoms with van der Waals surface area (Å²) >= 11 is 0. The maximum absolute atomic E-state index is 14.8. The number of aliphatic hydroxyl groups excluding tert-OH is 1. The van der Waals surface area contributed by atoms with Gasteiger partial charge in [0.15, 0.2) is 0 Å². The Balaban J connectivity index is 1.66. The minimum atomic E-state index is -0.650. The molecule has 0 radical (unpaired) electrons. The van der Waals surface area contributed by atoms with E-state index in [0.717, 1.165) is 5.06 Å². The molecule has 29 heavy (non-hydrogen) atoms. The Morgan fingerprint density at radius 2 is 2.07 bits per heavy atom. The van der Waals surface area contributed by atoms with Crippen LogP contribution in [-0.4, -0.2) is 73.5 Å². The van der Waals surface area contributed by atoms with Gasteiger partial charge >= 0.3 is 6.09 Å². The molecule has 3 rings (SSSR count). The Labute approximate surface area is 167 Å². The molecule has 1 aromatic rings. The topological polar surface area (TPSA) is 99.6 Å². The highest BCUT2D eigenvalue weighted by atomic mass is 19.1. The third kappa shape index (κ3) is 5.01. The van der Waals surface area contributed by atoms with Gasteiger partial charge in [0.05, 0.1) is 31.1 Å². The number of hydroxylamine groups is 2.